The highest BCUT2D eigenvalue weighted by molar-refractivity contribution is 6.14. The molecule has 3 aliphatic heterocycles. The van der Waals surface area contributed by atoms with E-state index < -0.39 is 28.7 Å². The Morgan fingerprint density at radius 3 is 2.44 bits per heavy atom. The summed E-state index contributed by atoms with van der Waals surface area (Å²) in [6.07, 6.45) is 0. The van der Waals surface area contributed by atoms with E-state index in [9.17, 15) is 18.8 Å². The number of quaternary nitrogens is 1. The Labute approximate surface area is 157 Å². The molecule has 3 N–H and O–H groups in total. The molecule has 1 aromatic rings. The number of rotatable bonds is 1. The average molecular weight is 374 g/mol. The Morgan fingerprint density at radius 2 is 1.85 bits per heavy atom. The van der Waals surface area contributed by atoms with Gasteiger partial charge in [0.15, 0.2) is 0 Å². The topological polar surface area (TPSA) is 83.1 Å². The molecule has 0 unspecified atom stereocenters. The van der Waals surface area contributed by atoms with Crippen molar-refractivity contribution in [2.75, 3.05) is 5.32 Å². The minimum Gasteiger partial charge on any atom is -0.326 e. The molecule has 4 rings (SSSR count). The molecule has 2 saturated heterocycles. The summed E-state index contributed by atoms with van der Waals surface area (Å²) in [5.74, 6) is -2.76. The summed E-state index contributed by atoms with van der Waals surface area (Å²) in [5, 5.41) is 4.64. The molecule has 0 aliphatic carbocycles. The second kappa shape index (κ2) is 5.38. The van der Waals surface area contributed by atoms with E-state index in [4.69, 9.17) is 0 Å². The zero-order valence-electron chi connectivity index (χ0n) is 16.2. The highest BCUT2D eigenvalue weighted by Gasteiger charge is 2.75. The Hall–Kier alpha value is -2.28. The molecular weight excluding hydrogens is 349 g/mol. The average Bonchev–Trinajstić information content (AvgIpc) is 3.13. The highest BCUT2D eigenvalue weighted by atomic mass is 19.1. The molecule has 0 radical (unpaired) electrons. The van der Waals surface area contributed by atoms with Crippen LogP contribution < -0.4 is 10.6 Å². The molecular formula is C20H25FN3O3+. The molecule has 4 atom stereocenters. The number of imide groups is 1. The maximum Gasteiger partial charge on any atom is 0.291 e. The number of nitrogens with zero attached hydrogens (tertiary/aromatic N) is 1. The number of anilines is 1. The quantitative estimate of drug-likeness (QED) is 0.719. The lowest BCUT2D eigenvalue weighted by Crippen LogP contribution is -2.99. The van der Waals surface area contributed by atoms with Gasteiger partial charge in [-0.25, -0.2) is 4.39 Å². The molecule has 3 aliphatic rings. The Kier molecular flexibility index (Phi) is 3.60. The van der Waals surface area contributed by atoms with E-state index in [-0.39, 0.29) is 29.7 Å². The lowest BCUT2D eigenvalue weighted by atomic mass is 9.75. The van der Waals surface area contributed by atoms with Crippen molar-refractivity contribution >= 4 is 23.4 Å². The third-order valence-electron chi connectivity index (χ3n) is 6.20. The maximum atomic E-state index is 14.0. The molecule has 2 fully saturated rings. The summed E-state index contributed by atoms with van der Waals surface area (Å²) in [5.41, 5.74) is -1.01. The van der Waals surface area contributed by atoms with Crippen molar-refractivity contribution in [2.24, 2.45) is 17.8 Å². The van der Waals surface area contributed by atoms with Crippen molar-refractivity contribution in [1.82, 2.24) is 4.90 Å². The van der Waals surface area contributed by atoms with Crippen molar-refractivity contribution in [2.45, 2.75) is 51.7 Å². The number of hydrogen-bond acceptors (Lipinski definition) is 3. The number of carbonyl (C=O) groups excluding carboxylic acids is 3. The number of hydrogen-bond donors (Lipinski definition) is 2. The van der Waals surface area contributed by atoms with Crippen LogP contribution in [0.15, 0.2) is 18.2 Å². The van der Waals surface area contributed by atoms with Crippen LogP contribution >= 0.6 is 0 Å². The second-order valence-electron chi connectivity index (χ2n) is 9.19. The van der Waals surface area contributed by atoms with Gasteiger partial charge in [0, 0.05) is 17.0 Å². The van der Waals surface area contributed by atoms with Gasteiger partial charge in [0.2, 0.25) is 17.4 Å². The monoisotopic (exact) mass is 374 g/mol. The van der Waals surface area contributed by atoms with Crippen LogP contribution in [0.3, 0.4) is 0 Å². The van der Waals surface area contributed by atoms with E-state index in [2.05, 4.69) is 5.32 Å². The first-order valence-corrected chi connectivity index (χ1v) is 9.35. The lowest BCUT2D eigenvalue weighted by Gasteiger charge is -2.33. The molecule has 1 aromatic carbocycles. The second-order valence-corrected chi connectivity index (χ2v) is 9.19. The van der Waals surface area contributed by atoms with Crippen LogP contribution in [0.5, 0.6) is 0 Å². The standard InChI is InChI=1S/C20H24FN3O3/c1-9(2)15-13-14(17(26)24(16(13)25)19(3,4)5)20(23-15)11-8-10(21)6-7-12(11)22-18(20)27/h6-9,13-15,23H,1-5H3,(H,22,27)/p+1/t13-,14-,15-,20+/m0/s1. The fourth-order valence-corrected chi connectivity index (χ4v) is 5.13. The van der Waals surface area contributed by atoms with Crippen molar-refractivity contribution in [3.8, 4) is 0 Å². The summed E-state index contributed by atoms with van der Waals surface area (Å²) < 4.78 is 14.0. The summed E-state index contributed by atoms with van der Waals surface area (Å²) in [4.78, 5) is 41.1. The number of fused-ring (bicyclic) bond motifs is 4. The largest absolute Gasteiger partial charge is 0.326 e. The number of amides is 3. The van der Waals surface area contributed by atoms with E-state index in [1.54, 1.807) is 0 Å². The van der Waals surface area contributed by atoms with Crippen molar-refractivity contribution in [3.63, 3.8) is 0 Å². The highest BCUT2D eigenvalue weighted by Crippen LogP contribution is 2.51. The molecule has 144 valence electrons. The number of nitrogens with one attached hydrogen (secondary N) is 1. The van der Waals surface area contributed by atoms with Gasteiger partial charge in [0.05, 0.1) is 5.69 Å². The summed E-state index contributed by atoms with van der Waals surface area (Å²) in [6.45, 7) is 9.40. The number of benzene rings is 1. The minimum atomic E-state index is -1.30. The maximum absolute atomic E-state index is 14.0. The zero-order chi connectivity index (χ0) is 19.9. The summed E-state index contributed by atoms with van der Waals surface area (Å²) in [7, 11) is 0. The lowest BCUT2D eigenvalue weighted by molar-refractivity contribution is -0.738. The van der Waals surface area contributed by atoms with Gasteiger partial charge in [-0.3, -0.25) is 19.3 Å². The van der Waals surface area contributed by atoms with Crippen LogP contribution in [-0.2, 0) is 19.9 Å². The van der Waals surface area contributed by atoms with Gasteiger partial charge < -0.3 is 10.6 Å². The normalized spacial score (nSPS) is 32.5. The number of likely N-dealkylation sites (tertiary alicyclic amines) is 1. The fourth-order valence-electron chi connectivity index (χ4n) is 5.13. The SMILES string of the molecule is CC(C)[C@@H]1[NH2+][C@@]2(C(=O)Nc3ccc(F)cc32)[C@@H]2C(=O)N(C(C)(C)C)C(=O)[C@@H]21. The summed E-state index contributed by atoms with van der Waals surface area (Å²) in [6, 6.07) is 3.89. The molecule has 27 heavy (non-hydrogen) atoms. The van der Waals surface area contributed by atoms with E-state index in [0.717, 1.165) is 0 Å². The van der Waals surface area contributed by atoms with Gasteiger partial charge in [-0.1, -0.05) is 13.8 Å². The van der Waals surface area contributed by atoms with Crippen molar-refractivity contribution in [3.05, 3.63) is 29.6 Å². The van der Waals surface area contributed by atoms with Crippen LogP contribution in [-0.4, -0.2) is 34.2 Å². The molecule has 0 saturated carbocycles. The molecule has 0 bridgehead atoms. The first-order valence-electron chi connectivity index (χ1n) is 9.35. The summed E-state index contributed by atoms with van der Waals surface area (Å²) >= 11 is 0. The molecule has 1 spiro atoms. The number of nitrogens with two attached hydrogens (primary N) is 1. The van der Waals surface area contributed by atoms with E-state index in [1.807, 2.05) is 39.9 Å². The smallest absolute Gasteiger partial charge is 0.291 e. The number of carbonyl (C=O) groups is 3. The van der Waals surface area contributed by atoms with Crippen molar-refractivity contribution in [1.29, 1.82) is 0 Å². The predicted octanol–water partition coefficient (Wildman–Crippen LogP) is 0.974. The molecule has 6 nitrogen and oxygen atoms in total. The zero-order valence-corrected chi connectivity index (χ0v) is 16.2. The predicted molar refractivity (Wildman–Crippen MR) is 95.8 cm³/mol. The molecule has 3 heterocycles. The third kappa shape index (κ3) is 2.18. The van der Waals surface area contributed by atoms with Gasteiger partial charge >= 0.3 is 0 Å². The van der Waals surface area contributed by atoms with Gasteiger partial charge in [0.25, 0.3) is 5.91 Å². The van der Waals surface area contributed by atoms with Gasteiger partial charge in [-0.15, -0.1) is 0 Å². The Morgan fingerprint density at radius 1 is 1.19 bits per heavy atom. The van der Waals surface area contributed by atoms with E-state index >= 15 is 0 Å². The molecule has 3 amide bonds. The first-order chi connectivity index (χ1) is 12.5. The fraction of sp³-hybridized carbons (Fsp3) is 0.550. The minimum absolute atomic E-state index is 0.0685. The van der Waals surface area contributed by atoms with Crippen molar-refractivity contribution < 1.29 is 24.1 Å². The Balaban J connectivity index is 1.95. The molecule has 0 aromatic heterocycles. The van der Waals surface area contributed by atoms with Crippen LogP contribution in [0, 0.1) is 23.6 Å². The Bertz CT molecular complexity index is 876. The first kappa shape index (κ1) is 18.1. The van der Waals surface area contributed by atoms with Crippen LogP contribution in [0.25, 0.3) is 0 Å². The van der Waals surface area contributed by atoms with E-state index in [1.165, 1.54) is 23.1 Å². The third-order valence-corrected chi connectivity index (χ3v) is 6.20. The van der Waals surface area contributed by atoms with Gasteiger partial charge in [-0.2, -0.15) is 0 Å². The van der Waals surface area contributed by atoms with Gasteiger partial charge in [-0.05, 0) is 39.0 Å². The van der Waals surface area contributed by atoms with Crippen LogP contribution in [0.1, 0.15) is 40.2 Å². The van der Waals surface area contributed by atoms with Crippen LogP contribution in [0.4, 0.5) is 10.1 Å². The van der Waals surface area contributed by atoms with Gasteiger partial charge in [0.1, 0.15) is 23.7 Å². The van der Waals surface area contributed by atoms with E-state index in [0.29, 0.717) is 11.3 Å². The van der Waals surface area contributed by atoms with Crippen LogP contribution in [0.2, 0.25) is 0 Å². The molecule has 7 heteroatoms. The number of halogens is 1.